The van der Waals surface area contributed by atoms with Crippen LogP contribution in [-0.4, -0.2) is 6.04 Å². The average molecular weight is 259 g/mol. The van der Waals surface area contributed by atoms with E-state index in [9.17, 15) is 13.2 Å². The minimum Gasteiger partial charge on any atom is -0.310 e. The molecule has 1 N–H and O–H groups in total. The van der Waals surface area contributed by atoms with Gasteiger partial charge in [0.05, 0.1) is 5.56 Å². The largest absolute Gasteiger partial charge is 0.416 e. The van der Waals surface area contributed by atoms with E-state index in [1.807, 2.05) is 6.92 Å². The van der Waals surface area contributed by atoms with Crippen LogP contribution in [0.4, 0.5) is 13.2 Å². The molecule has 0 amide bonds. The predicted octanol–water partition coefficient (Wildman–Crippen LogP) is 4.23. The maximum Gasteiger partial charge on any atom is 0.416 e. The first-order valence-corrected chi connectivity index (χ1v) is 6.01. The number of benzene rings is 1. The van der Waals surface area contributed by atoms with Crippen LogP contribution in [0.25, 0.3) is 0 Å². The number of hydrogen-bond donors (Lipinski definition) is 1. The van der Waals surface area contributed by atoms with E-state index in [0.29, 0.717) is 5.56 Å². The molecule has 0 saturated heterocycles. The van der Waals surface area contributed by atoms with E-state index in [1.54, 1.807) is 6.07 Å². The molecule has 0 bridgehead atoms. The summed E-state index contributed by atoms with van der Waals surface area (Å²) in [5.41, 5.74) is -0.243. The van der Waals surface area contributed by atoms with Crippen molar-refractivity contribution in [2.75, 3.05) is 0 Å². The molecule has 1 aromatic carbocycles. The lowest BCUT2D eigenvalue weighted by Crippen LogP contribution is -2.37. The third-order valence-corrected chi connectivity index (χ3v) is 3.22. The van der Waals surface area contributed by atoms with Crippen LogP contribution >= 0.6 is 0 Å². The molecule has 0 aliphatic heterocycles. The first-order chi connectivity index (χ1) is 8.12. The van der Waals surface area contributed by atoms with Crippen LogP contribution in [0.2, 0.25) is 0 Å². The molecule has 0 radical (unpaired) electrons. The fourth-order valence-electron chi connectivity index (χ4n) is 1.52. The van der Waals surface area contributed by atoms with Crippen LogP contribution in [-0.2, 0) is 12.7 Å². The van der Waals surface area contributed by atoms with Crippen molar-refractivity contribution in [3.63, 3.8) is 0 Å². The van der Waals surface area contributed by atoms with Crippen LogP contribution in [0, 0.1) is 5.41 Å². The van der Waals surface area contributed by atoms with Crippen LogP contribution < -0.4 is 5.32 Å². The first-order valence-electron chi connectivity index (χ1n) is 6.01. The van der Waals surface area contributed by atoms with Crippen LogP contribution in [0.15, 0.2) is 24.3 Å². The van der Waals surface area contributed by atoms with Crippen molar-refractivity contribution >= 4 is 0 Å². The zero-order valence-electron chi connectivity index (χ0n) is 11.2. The van der Waals surface area contributed by atoms with E-state index in [4.69, 9.17) is 0 Å². The van der Waals surface area contributed by atoms with Crippen molar-refractivity contribution < 1.29 is 13.2 Å². The molecule has 1 aromatic rings. The van der Waals surface area contributed by atoms with Crippen molar-refractivity contribution in [2.24, 2.45) is 5.41 Å². The van der Waals surface area contributed by atoms with Crippen molar-refractivity contribution in [1.82, 2.24) is 5.32 Å². The van der Waals surface area contributed by atoms with E-state index >= 15 is 0 Å². The Balaban J connectivity index is 2.80. The molecule has 1 nitrogen and oxygen atoms in total. The lowest BCUT2D eigenvalue weighted by molar-refractivity contribution is -0.138. The van der Waals surface area contributed by atoms with Crippen molar-refractivity contribution in [3.05, 3.63) is 35.4 Å². The summed E-state index contributed by atoms with van der Waals surface area (Å²) < 4.78 is 38.3. The summed E-state index contributed by atoms with van der Waals surface area (Å²) in [7, 11) is 0. The van der Waals surface area contributed by atoms with E-state index in [0.717, 1.165) is 6.07 Å². The van der Waals surface area contributed by atoms with Crippen LogP contribution in [0.5, 0.6) is 0 Å². The van der Waals surface area contributed by atoms with Crippen LogP contribution in [0.3, 0.4) is 0 Å². The quantitative estimate of drug-likeness (QED) is 0.856. The molecule has 102 valence electrons. The molecule has 0 aliphatic carbocycles. The number of halogens is 3. The van der Waals surface area contributed by atoms with Gasteiger partial charge in [-0.25, -0.2) is 0 Å². The third-order valence-electron chi connectivity index (χ3n) is 3.22. The highest BCUT2D eigenvalue weighted by Gasteiger charge is 2.33. The molecule has 4 heteroatoms. The van der Waals surface area contributed by atoms with Gasteiger partial charge in [-0.2, -0.15) is 13.2 Å². The second-order valence-corrected chi connectivity index (χ2v) is 5.62. The SMILES string of the molecule is CC(NCc1ccccc1C(F)(F)F)C(C)(C)C. The number of alkyl halides is 3. The number of hydrogen-bond acceptors (Lipinski definition) is 1. The van der Waals surface area contributed by atoms with Crippen molar-refractivity contribution in [2.45, 2.75) is 46.5 Å². The number of rotatable bonds is 3. The van der Waals surface area contributed by atoms with Crippen molar-refractivity contribution in [3.8, 4) is 0 Å². The topological polar surface area (TPSA) is 12.0 Å². The van der Waals surface area contributed by atoms with Gasteiger partial charge in [0.2, 0.25) is 0 Å². The molecular weight excluding hydrogens is 239 g/mol. The molecule has 0 aromatic heterocycles. The second kappa shape index (κ2) is 5.31. The van der Waals surface area contributed by atoms with Gasteiger partial charge in [0.25, 0.3) is 0 Å². The Morgan fingerprint density at radius 2 is 1.67 bits per heavy atom. The highest BCUT2D eigenvalue weighted by molar-refractivity contribution is 5.29. The molecular formula is C14H20F3N. The fraction of sp³-hybridized carbons (Fsp3) is 0.571. The summed E-state index contributed by atoms with van der Waals surface area (Å²) >= 11 is 0. The minimum atomic E-state index is -4.29. The maximum atomic E-state index is 12.8. The second-order valence-electron chi connectivity index (χ2n) is 5.62. The Labute approximate surface area is 106 Å². The lowest BCUT2D eigenvalue weighted by atomic mass is 9.88. The molecule has 18 heavy (non-hydrogen) atoms. The highest BCUT2D eigenvalue weighted by Crippen LogP contribution is 2.32. The monoisotopic (exact) mass is 259 g/mol. The van der Waals surface area contributed by atoms with Gasteiger partial charge in [-0.15, -0.1) is 0 Å². The normalized spacial score (nSPS) is 14.6. The zero-order chi connectivity index (χ0) is 14.0. The summed E-state index contributed by atoms with van der Waals surface area (Å²) in [6.45, 7) is 8.38. The fourth-order valence-corrected chi connectivity index (χ4v) is 1.52. The third kappa shape index (κ3) is 4.02. The predicted molar refractivity (Wildman–Crippen MR) is 67.2 cm³/mol. The molecule has 0 fully saturated rings. The average Bonchev–Trinajstić information content (AvgIpc) is 2.23. The Hall–Kier alpha value is -1.03. The molecule has 0 saturated carbocycles. The maximum absolute atomic E-state index is 12.8. The van der Waals surface area contributed by atoms with Gasteiger partial charge in [0.15, 0.2) is 0 Å². The van der Waals surface area contributed by atoms with Gasteiger partial charge in [0, 0.05) is 12.6 Å². The van der Waals surface area contributed by atoms with E-state index in [1.165, 1.54) is 12.1 Å². The van der Waals surface area contributed by atoms with Gasteiger partial charge in [-0.05, 0) is 24.0 Å². The number of nitrogens with one attached hydrogen (secondary N) is 1. The Bertz CT molecular complexity index is 391. The van der Waals surface area contributed by atoms with Gasteiger partial charge in [-0.1, -0.05) is 39.0 Å². The lowest BCUT2D eigenvalue weighted by Gasteiger charge is -2.28. The summed E-state index contributed by atoms with van der Waals surface area (Å²) in [6, 6.07) is 5.83. The molecule has 1 rings (SSSR count). The summed E-state index contributed by atoms with van der Waals surface area (Å²) in [4.78, 5) is 0. The Morgan fingerprint density at radius 3 is 2.17 bits per heavy atom. The Kier molecular flexibility index (Phi) is 4.43. The van der Waals surface area contributed by atoms with Crippen LogP contribution in [0.1, 0.15) is 38.8 Å². The first kappa shape index (κ1) is 15.0. The molecule has 0 spiro atoms. The van der Waals surface area contributed by atoms with Crippen molar-refractivity contribution in [1.29, 1.82) is 0 Å². The van der Waals surface area contributed by atoms with Gasteiger partial charge >= 0.3 is 6.18 Å². The highest BCUT2D eigenvalue weighted by atomic mass is 19.4. The molecule has 1 unspecified atom stereocenters. The van der Waals surface area contributed by atoms with E-state index in [2.05, 4.69) is 26.1 Å². The summed E-state index contributed by atoms with van der Waals surface area (Å²) in [5, 5.41) is 3.15. The summed E-state index contributed by atoms with van der Waals surface area (Å²) in [5.74, 6) is 0. The smallest absolute Gasteiger partial charge is 0.310 e. The van der Waals surface area contributed by atoms with Gasteiger partial charge in [-0.3, -0.25) is 0 Å². The van der Waals surface area contributed by atoms with E-state index < -0.39 is 11.7 Å². The standard InChI is InChI=1S/C14H20F3N/c1-10(13(2,3)4)18-9-11-7-5-6-8-12(11)14(15,16)17/h5-8,10,18H,9H2,1-4H3. The Morgan fingerprint density at radius 1 is 1.11 bits per heavy atom. The summed E-state index contributed by atoms with van der Waals surface area (Å²) in [6.07, 6.45) is -4.29. The molecule has 1 atom stereocenters. The molecule has 0 aliphatic rings. The zero-order valence-corrected chi connectivity index (χ0v) is 11.2. The van der Waals surface area contributed by atoms with Gasteiger partial charge in [0.1, 0.15) is 0 Å². The molecule has 0 heterocycles. The van der Waals surface area contributed by atoms with E-state index in [-0.39, 0.29) is 18.0 Å². The minimum absolute atomic E-state index is 0.0210. The van der Waals surface area contributed by atoms with Gasteiger partial charge < -0.3 is 5.32 Å².